The summed E-state index contributed by atoms with van der Waals surface area (Å²) in [5.41, 5.74) is 5.05. The Balaban J connectivity index is 1.48. The molecular weight excluding hydrogens is 296 g/mol. The van der Waals surface area contributed by atoms with Crippen molar-refractivity contribution >= 4 is 10.9 Å². The summed E-state index contributed by atoms with van der Waals surface area (Å²) in [6, 6.07) is 11.9. The van der Waals surface area contributed by atoms with Crippen LogP contribution in [0, 0.1) is 6.92 Å². The highest BCUT2D eigenvalue weighted by Gasteiger charge is 2.40. The monoisotopic (exact) mass is 316 g/mol. The van der Waals surface area contributed by atoms with Crippen LogP contribution in [0.25, 0.3) is 10.9 Å². The van der Waals surface area contributed by atoms with Gasteiger partial charge in [0.15, 0.2) is 0 Å². The van der Waals surface area contributed by atoms with Gasteiger partial charge in [-0.15, -0.1) is 0 Å². The number of hydrogen-bond acceptors (Lipinski definition) is 4. The van der Waals surface area contributed by atoms with Crippen molar-refractivity contribution in [2.75, 3.05) is 0 Å². The minimum atomic E-state index is 0.476. The molecule has 5 rings (SSSR count). The van der Waals surface area contributed by atoms with Gasteiger partial charge in [-0.1, -0.05) is 12.1 Å². The minimum Gasteiger partial charge on any atom is -0.289 e. The Kier molecular flexibility index (Phi) is 3.13. The summed E-state index contributed by atoms with van der Waals surface area (Å²) < 4.78 is 0. The lowest BCUT2D eigenvalue weighted by atomic mass is 9.98. The van der Waals surface area contributed by atoms with Crippen molar-refractivity contribution in [1.82, 2.24) is 19.9 Å². The molecule has 24 heavy (non-hydrogen) atoms. The number of benzene rings is 1. The normalized spacial score (nSPS) is 22.7. The molecular formula is C20H20N4. The summed E-state index contributed by atoms with van der Waals surface area (Å²) in [5, 5.41) is 1.22. The van der Waals surface area contributed by atoms with Gasteiger partial charge in [-0.2, -0.15) is 0 Å². The first kappa shape index (κ1) is 14.1. The fourth-order valence-corrected chi connectivity index (χ4v) is 4.35. The van der Waals surface area contributed by atoms with E-state index in [1.54, 1.807) is 0 Å². The van der Waals surface area contributed by atoms with E-state index in [0.717, 1.165) is 24.3 Å². The van der Waals surface area contributed by atoms with Crippen LogP contribution in [0.2, 0.25) is 0 Å². The number of rotatable bonds is 2. The van der Waals surface area contributed by atoms with E-state index >= 15 is 0 Å². The first-order valence-corrected chi connectivity index (χ1v) is 8.70. The summed E-state index contributed by atoms with van der Waals surface area (Å²) in [4.78, 5) is 16.2. The van der Waals surface area contributed by atoms with E-state index in [-0.39, 0.29) is 0 Å². The Hall–Kier alpha value is -2.33. The lowest BCUT2D eigenvalue weighted by molar-refractivity contribution is 0.166. The summed E-state index contributed by atoms with van der Waals surface area (Å²) in [7, 11) is 0. The Morgan fingerprint density at radius 2 is 2.12 bits per heavy atom. The highest BCUT2D eigenvalue weighted by molar-refractivity contribution is 5.78. The fourth-order valence-electron chi connectivity index (χ4n) is 4.35. The van der Waals surface area contributed by atoms with Gasteiger partial charge in [0.1, 0.15) is 5.82 Å². The van der Waals surface area contributed by atoms with Gasteiger partial charge in [0.05, 0.1) is 11.2 Å². The maximum absolute atomic E-state index is 4.69. The predicted molar refractivity (Wildman–Crippen MR) is 93.5 cm³/mol. The van der Waals surface area contributed by atoms with Crippen molar-refractivity contribution in [1.29, 1.82) is 0 Å². The summed E-state index contributed by atoms with van der Waals surface area (Å²) >= 11 is 0. The largest absolute Gasteiger partial charge is 0.289 e. The lowest BCUT2D eigenvalue weighted by Gasteiger charge is -2.35. The number of nitrogens with zero attached hydrogens (tertiary/aromatic N) is 4. The molecule has 2 aliphatic rings. The fraction of sp³-hybridized carbons (Fsp3) is 0.350. The molecule has 2 bridgehead atoms. The van der Waals surface area contributed by atoms with Gasteiger partial charge in [0, 0.05) is 48.4 Å². The predicted octanol–water partition coefficient (Wildman–Crippen LogP) is 3.60. The van der Waals surface area contributed by atoms with Gasteiger partial charge in [0.2, 0.25) is 0 Å². The first-order chi connectivity index (χ1) is 11.8. The van der Waals surface area contributed by atoms with Gasteiger partial charge in [-0.25, -0.2) is 9.97 Å². The molecule has 120 valence electrons. The van der Waals surface area contributed by atoms with E-state index in [1.807, 2.05) is 19.2 Å². The molecule has 4 nitrogen and oxygen atoms in total. The Morgan fingerprint density at radius 1 is 1.17 bits per heavy atom. The van der Waals surface area contributed by atoms with E-state index in [1.165, 1.54) is 35.0 Å². The van der Waals surface area contributed by atoms with Crippen molar-refractivity contribution in [3.05, 3.63) is 65.4 Å². The molecule has 0 saturated carbocycles. The molecule has 4 heterocycles. The highest BCUT2D eigenvalue weighted by atomic mass is 15.2. The molecule has 2 atom stereocenters. The molecule has 2 aromatic heterocycles. The van der Waals surface area contributed by atoms with E-state index in [9.17, 15) is 0 Å². The molecule has 1 fully saturated rings. The van der Waals surface area contributed by atoms with Crippen molar-refractivity contribution in [3.63, 3.8) is 0 Å². The second-order valence-electron chi connectivity index (χ2n) is 6.97. The quantitative estimate of drug-likeness (QED) is 0.724. The van der Waals surface area contributed by atoms with E-state index < -0.39 is 0 Å². The summed E-state index contributed by atoms with van der Waals surface area (Å²) in [6.07, 6.45) is 7.45. The molecule has 0 unspecified atom stereocenters. The first-order valence-electron chi connectivity index (χ1n) is 8.70. The van der Waals surface area contributed by atoms with Crippen LogP contribution in [-0.2, 0) is 13.0 Å². The second kappa shape index (κ2) is 5.35. The molecule has 0 N–H and O–H groups in total. The molecule has 1 saturated heterocycles. The van der Waals surface area contributed by atoms with Crippen LogP contribution in [0.15, 0.2) is 42.7 Å². The molecule has 2 aliphatic heterocycles. The highest BCUT2D eigenvalue weighted by Crippen LogP contribution is 2.43. The van der Waals surface area contributed by atoms with E-state index in [2.05, 4.69) is 45.3 Å². The summed E-state index contributed by atoms with van der Waals surface area (Å²) in [6.45, 7) is 2.98. The molecule has 4 heteroatoms. The zero-order valence-corrected chi connectivity index (χ0v) is 13.8. The Labute approximate surface area is 141 Å². The third-order valence-corrected chi connectivity index (χ3v) is 5.48. The van der Waals surface area contributed by atoms with Crippen LogP contribution in [0.1, 0.15) is 41.5 Å². The molecule has 0 aliphatic carbocycles. The average Bonchev–Trinajstić information content (AvgIpc) is 2.87. The second-order valence-corrected chi connectivity index (χ2v) is 6.97. The third-order valence-electron chi connectivity index (χ3n) is 5.48. The van der Waals surface area contributed by atoms with Crippen LogP contribution in [0.4, 0.5) is 0 Å². The number of aromatic nitrogens is 3. The van der Waals surface area contributed by atoms with E-state index in [4.69, 9.17) is 4.98 Å². The maximum Gasteiger partial charge on any atom is 0.125 e. The number of hydrogen-bond donors (Lipinski definition) is 0. The summed E-state index contributed by atoms with van der Waals surface area (Å²) in [5.74, 6) is 0.892. The van der Waals surface area contributed by atoms with Crippen molar-refractivity contribution in [2.45, 2.75) is 44.8 Å². The van der Waals surface area contributed by atoms with Crippen LogP contribution in [0.5, 0.6) is 0 Å². The van der Waals surface area contributed by atoms with Gasteiger partial charge >= 0.3 is 0 Å². The average molecular weight is 316 g/mol. The Bertz CT molecular complexity index is 920. The van der Waals surface area contributed by atoms with Gasteiger partial charge < -0.3 is 0 Å². The van der Waals surface area contributed by atoms with Crippen molar-refractivity contribution < 1.29 is 0 Å². The SMILES string of the molecule is Cc1ncc2c(n1)C[C@@H]1CC[C@H]2N1Cc1ccc2ncccc2c1. The number of aryl methyl sites for hydroxylation is 1. The zero-order chi connectivity index (χ0) is 16.1. The van der Waals surface area contributed by atoms with Crippen LogP contribution in [0.3, 0.4) is 0 Å². The van der Waals surface area contributed by atoms with E-state index in [0.29, 0.717) is 12.1 Å². The van der Waals surface area contributed by atoms with Gasteiger partial charge in [0.25, 0.3) is 0 Å². The minimum absolute atomic E-state index is 0.476. The topological polar surface area (TPSA) is 41.9 Å². The van der Waals surface area contributed by atoms with Crippen molar-refractivity contribution in [2.24, 2.45) is 0 Å². The molecule has 0 radical (unpaired) electrons. The third kappa shape index (κ3) is 2.21. The van der Waals surface area contributed by atoms with Crippen LogP contribution in [-0.4, -0.2) is 25.9 Å². The van der Waals surface area contributed by atoms with Crippen molar-refractivity contribution in [3.8, 4) is 0 Å². The standard InChI is InChI=1S/C20H20N4/c1-13-22-11-17-19(23-13)10-16-5-7-20(17)24(16)12-14-4-6-18-15(9-14)3-2-8-21-18/h2-4,6,8-9,11,16,20H,5,7,10,12H2,1H3/t16-,20+/m0/s1. The molecule has 3 aromatic rings. The van der Waals surface area contributed by atoms with Crippen LogP contribution < -0.4 is 0 Å². The maximum atomic E-state index is 4.69. The molecule has 1 aromatic carbocycles. The van der Waals surface area contributed by atoms with Gasteiger partial charge in [-0.05, 0) is 43.5 Å². The van der Waals surface area contributed by atoms with Gasteiger partial charge in [-0.3, -0.25) is 9.88 Å². The molecule has 0 spiro atoms. The van der Waals surface area contributed by atoms with Crippen LogP contribution >= 0.6 is 0 Å². The lowest BCUT2D eigenvalue weighted by Crippen LogP contribution is -2.37. The Morgan fingerprint density at radius 3 is 3.08 bits per heavy atom. The smallest absolute Gasteiger partial charge is 0.125 e. The zero-order valence-electron chi connectivity index (χ0n) is 13.8. The number of fused-ring (bicyclic) bond motifs is 5. The molecule has 0 amide bonds. The number of pyridine rings is 1.